The van der Waals surface area contributed by atoms with Gasteiger partial charge in [-0.25, -0.2) is 0 Å². The molecule has 3 aromatic rings. The van der Waals surface area contributed by atoms with Crippen molar-refractivity contribution in [2.45, 2.75) is 25.3 Å². The molecule has 0 N–H and O–H groups in total. The first-order chi connectivity index (χ1) is 15.7. The Bertz CT molecular complexity index is 1330. The van der Waals surface area contributed by atoms with E-state index in [0.717, 1.165) is 28.5 Å². The molecule has 0 aliphatic carbocycles. The zero-order chi connectivity index (χ0) is 23.6. The molecule has 0 aromatic heterocycles. The van der Waals surface area contributed by atoms with Crippen LogP contribution in [0.15, 0.2) is 82.6 Å². The van der Waals surface area contributed by atoms with Crippen molar-refractivity contribution in [1.82, 2.24) is 4.90 Å². The molecule has 0 spiro atoms. The summed E-state index contributed by atoms with van der Waals surface area (Å²) in [6, 6.07) is 20.3. The van der Waals surface area contributed by atoms with Crippen molar-refractivity contribution in [1.29, 1.82) is 0 Å². The Morgan fingerprint density at radius 3 is 2.03 bits per heavy atom. The standard InChI is InChI=1S/C25H21NO5S2/c1-17-3-7-20(8-4-17)16-26-24(27)23(32-25(26)28)15-19-9-11-21(12-10-19)31-33(29,30)22-13-5-18(2)6-14-22/h3-15H,16H2,1-2H3/b23-15-. The van der Waals surface area contributed by atoms with E-state index < -0.39 is 10.1 Å². The average Bonchev–Trinajstić information content (AvgIpc) is 3.04. The van der Waals surface area contributed by atoms with Gasteiger partial charge in [-0.1, -0.05) is 59.7 Å². The van der Waals surface area contributed by atoms with Crippen LogP contribution < -0.4 is 4.18 Å². The Labute approximate surface area is 197 Å². The molecule has 1 aliphatic rings. The van der Waals surface area contributed by atoms with E-state index in [0.29, 0.717) is 10.5 Å². The van der Waals surface area contributed by atoms with Crippen molar-refractivity contribution >= 4 is 39.1 Å². The number of hydrogen-bond donors (Lipinski definition) is 0. The largest absolute Gasteiger partial charge is 0.379 e. The summed E-state index contributed by atoms with van der Waals surface area (Å²) in [5.74, 6) is -0.201. The monoisotopic (exact) mass is 479 g/mol. The van der Waals surface area contributed by atoms with Crippen LogP contribution >= 0.6 is 11.8 Å². The number of nitrogens with zero attached hydrogens (tertiary/aromatic N) is 1. The first-order valence-electron chi connectivity index (χ1n) is 10.1. The van der Waals surface area contributed by atoms with Crippen molar-refractivity contribution < 1.29 is 22.2 Å². The molecule has 1 heterocycles. The lowest BCUT2D eigenvalue weighted by molar-refractivity contribution is -0.123. The number of thioether (sulfide) groups is 1. The molecule has 0 atom stereocenters. The predicted octanol–water partition coefficient (Wildman–Crippen LogP) is 5.31. The van der Waals surface area contributed by atoms with Gasteiger partial charge in [0, 0.05) is 0 Å². The minimum atomic E-state index is -3.95. The maximum absolute atomic E-state index is 12.7. The van der Waals surface area contributed by atoms with E-state index in [-0.39, 0.29) is 28.3 Å². The van der Waals surface area contributed by atoms with Gasteiger partial charge in [-0.05, 0) is 67.1 Å². The SMILES string of the molecule is Cc1ccc(CN2C(=O)S/C(=C\c3ccc(OS(=O)(=O)c4ccc(C)cc4)cc3)C2=O)cc1. The first-order valence-corrected chi connectivity index (χ1v) is 12.4. The summed E-state index contributed by atoms with van der Waals surface area (Å²) < 4.78 is 30.1. The number of hydrogen-bond acceptors (Lipinski definition) is 6. The molecule has 3 aromatic carbocycles. The van der Waals surface area contributed by atoms with E-state index in [1.165, 1.54) is 29.2 Å². The molecule has 4 rings (SSSR count). The van der Waals surface area contributed by atoms with Crippen molar-refractivity contribution in [3.63, 3.8) is 0 Å². The highest BCUT2D eigenvalue weighted by atomic mass is 32.2. The average molecular weight is 480 g/mol. The van der Waals surface area contributed by atoms with Crippen molar-refractivity contribution in [2.75, 3.05) is 0 Å². The summed E-state index contributed by atoms with van der Waals surface area (Å²) in [5, 5.41) is -0.323. The zero-order valence-electron chi connectivity index (χ0n) is 18.0. The Kier molecular flexibility index (Phi) is 6.40. The molecule has 8 heteroatoms. The number of rotatable bonds is 6. The van der Waals surface area contributed by atoms with Gasteiger partial charge in [0.15, 0.2) is 0 Å². The Morgan fingerprint density at radius 2 is 1.42 bits per heavy atom. The van der Waals surface area contributed by atoms with Crippen LogP contribution in [0.5, 0.6) is 5.75 Å². The summed E-state index contributed by atoms with van der Waals surface area (Å²) in [6.45, 7) is 4.06. The fraction of sp³-hybridized carbons (Fsp3) is 0.120. The van der Waals surface area contributed by atoms with E-state index in [9.17, 15) is 18.0 Å². The summed E-state index contributed by atoms with van der Waals surface area (Å²) in [6.07, 6.45) is 1.61. The number of carbonyl (C=O) groups excluding carboxylic acids is 2. The summed E-state index contributed by atoms with van der Waals surface area (Å²) in [4.78, 5) is 26.7. The molecule has 1 aliphatic heterocycles. The predicted molar refractivity (Wildman–Crippen MR) is 128 cm³/mol. The smallest absolute Gasteiger partial charge is 0.339 e. The van der Waals surface area contributed by atoms with Crippen LogP contribution in [0, 0.1) is 13.8 Å². The fourth-order valence-electron chi connectivity index (χ4n) is 3.16. The van der Waals surface area contributed by atoms with E-state index in [1.807, 2.05) is 38.1 Å². The van der Waals surface area contributed by atoms with E-state index in [4.69, 9.17) is 4.18 Å². The first kappa shape index (κ1) is 22.8. The second kappa shape index (κ2) is 9.25. The fourth-order valence-corrected chi connectivity index (χ4v) is 4.93. The zero-order valence-corrected chi connectivity index (χ0v) is 19.7. The summed E-state index contributed by atoms with van der Waals surface area (Å²) in [5.41, 5.74) is 3.57. The van der Waals surface area contributed by atoms with E-state index in [1.54, 1.807) is 30.3 Å². The molecule has 1 fully saturated rings. The van der Waals surface area contributed by atoms with Gasteiger partial charge < -0.3 is 4.18 Å². The second-order valence-electron chi connectivity index (χ2n) is 7.67. The molecule has 2 amide bonds. The molecule has 1 saturated heterocycles. The number of benzene rings is 3. The molecule has 0 unspecified atom stereocenters. The van der Waals surface area contributed by atoms with Crippen molar-refractivity contribution in [3.05, 3.63) is 100.0 Å². The molecular weight excluding hydrogens is 458 g/mol. The van der Waals surface area contributed by atoms with Crippen LogP contribution in [0.3, 0.4) is 0 Å². The maximum atomic E-state index is 12.7. The quantitative estimate of drug-likeness (QED) is 0.352. The van der Waals surface area contributed by atoms with Crippen LogP contribution in [0.1, 0.15) is 22.3 Å². The van der Waals surface area contributed by atoms with Gasteiger partial charge in [-0.15, -0.1) is 0 Å². The number of aryl methyl sites for hydroxylation is 2. The molecule has 0 radical (unpaired) electrons. The second-order valence-corrected chi connectivity index (χ2v) is 10.2. The van der Waals surface area contributed by atoms with Crippen LogP contribution in [0.2, 0.25) is 0 Å². The third kappa shape index (κ3) is 5.35. The summed E-state index contributed by atoms with van der Waals surface area (Å²) in [7, 11) is -3.95. The Morgan fingerprint density at radius 1 is 0.848 bits per heavy atom. The Balaban J connectivity index is 1.46. The highest BCUT2D eigenvalue weighted by Crippen LogP contribution is 2.33. The third-order valence-corrected chi connectivity index (χ3v) is 7.20. The lowest BCUT2D eigenvalue weighted by Crippen LogP contribution is -2.27. The molecule has 168 valence electrons. The van der Waals surface area contributed by atoms with Gasteiger partial charge in [0.2, 0.25) is 0 Å². The van der Waals surface area contributed by atoms with E-state index in [2.05, 4.69) is 0 Å². The minimum Gasteiger partial charge on any atom is -0.379 e. The number of carbonyl (C=O) groups is 2. The third-order valence-electron chi connectivity index (χ3n) is 5.03. The van der Waals surface area contributed by atoms with Gasteiger partial charge >= 0.3 is 10.1 Å². The highest BCUT2D eigenvalue weighted by molar-refractivity contribution is 8.18. The highest BCUT2D eigenvalue weighted by Gasteiger charge is 2.34. The lowest BCUT2D eigenvalue weighted by atomic mass is 10.1. The van der Waals surface area contributed by atoms with Gasteiger partial charge in [0.05, 0.1) is 11.4 Å². The van der Waals surface area contributed by atoms with Crippen molar-refractivity contribution in [2.24, 2.45) is 0 Å². The molecule has 33 heavy (non-hydrogen) atoms. The Hall–Kier alpha value is -3.36. The molecule has 0 bridgehead atoms. The molecular formula is C25H21NO5S2. The topological polar surface area (TPSA) is 80.8 Å². The number of amides is 2. The van der Waals surface area contributed by atoms with Crippen LogP contribution in [-0.2, 0) is 21.5 Å². The van der Waals surface area contributed by atoms with Gasteiger partial charge in [0.25, 0.3) is 11.1 Å². The molecule has 0 saturated carbocycles. The maximum Gasteiger partial charge on any atom is 0.339 e. The van der Waals surface area contributed by atoms with E-state index >= 15 is 0 Å². The van der Waals surface area contributed by atoms with Crippen LogP contribution in [0.25, 0.3) is 6.08 Å². The van der Waals surface area contributed by atoms with Gasteiger partial charge in [0.1, 0.15) is 10.6 Å². The van der Waals surface area contributed by atoms with Gasteiger partial charge in [-0.3, -0.25) is 14.5 Å². The van der Waals surface area contributed by atoms with Gasteiger partial charge in [-0.2, -0.15) is 8.42 Å². The van der Waals surface area contributed by atoms with Crippen molar-refractivity contribution in [3.8, 4) is 5.75 Å². The van der Waals surface area contributed by atoms with Crippen LogP contribution in [0.4, 0.5) is 4.79 Å². The molecule has 6 nitrogen and oxygen atoms in total. The minimum absolute atomic E-state index is 0.0689. The normalized spacial score (nSPS) is 15.3. The van der Waals surface area contributed by atoms with Crippen LogP contribution in [-0.4, -0.2) is 24.5 Å². The number of imide groups is 1. The summed E-state index contributed by atoms with van der Waals surface area (Å²) >= 11 is 0.883. The lowest BCUT2D eigenvalue weighted by Gasteiger charge is -2.12.